The van der Waals surface area contributed by atoms with Crippen LogP contribution in [0.4, 0.5) is 10.1 Å². The van der Waals surface area contributed by atoms with Crippen LogP contribution < -0.4 is 10.2 Å². The van der Waals surface area contributed by atoms with Crippen LogP contribution >= 0.6 is 0 Å². The molecule has 116 valence electrons. The molecule has 21 heavy (non-hydrogen) atoms. The maximum Gasteiger partial charge on any atom is 0.130 e. The second-order valence-electron chi connectivity index (χ2n) is 6.88. The fourth-order valence-electron chi connectivity index (χ4n) is 4.22. The van der Waals surface area contributed by atoms with Crippen molar-refractivity contribution in [2.75, 3.05) is 25.0 Å². The van der Waals surface area contributed by atoms with Crippen LogP contribution in [0.2, 0.25) is 0 Å². The van der Waals surface area contributed by atoms with Gasteiger partial charge >= 0.3 is 0 Å². The van der Waals surface area contributed by atoms with Gasteiger partial charge in [0.15, 0.2) is 0 Å². The first-order valence-electron chi connectivity index (χ1n) is 8.36. The van der Waals surface area contributed by atoms with E-state index < -0.39 is 0 Å². The van der Waals surface area contributed by atoms with Gasteiger partial charge in [-0.25, -0.2) is 4.39 Å². The zero-order chi connectivity index (χ0) is 14.9. The van der Waals surface area contributed by atoms with Gasteiger partial charge in [-0.3, -0.25) is 0 Å². The third-order valence-corrected chi connectivity index (χ3v) is 5.72. The molecule has 1 saturated heterocycles. The summed E-state index contributed by atoms with van der Waals surface area (Å²) < 4.78 is 14.3. The smallest absolute Gasteiger partial charge is 0.130 e. The van der Waals surface area contributed by atoms with E-state index in [1.165, 1.54) is 38.5 Å². The molecule has 1 saturated carbocycles. The van der Waals surface area contributed by atoms with Crippen molar-refractivity contribution in [3.63, 3.8) is 0 Å². The van der Waals surface area contributed by atoms with Gasteiger partial charge in [-0.15, -0.1) is 0 Å². The molecule has 0 amide bonds. The monoisotopic (exact) mass is 290 g/mol. The first-order chi connectivity index (χ1) is 10.2. The lowest BCUT2D eigenvalue weighted by atomic mass is 9.77. The van der Waals surface area contributed by atoms with Crippen molar-refractivity contribution in [3.05, 3.63) is 29.6 Å². The highest BCUT2D eigenvalue weighted by molar-refractivity contribution is 5.56. The predicted molar refractivity (Wildman–Crippen MR) is 86.2 cm³/mol. The number of benzene rings is 1. The summed E-state index contributed by atoms with van der Waals surface area (Å²) in [6.45, 7) is 4.18. The lowest BCUT2D eigenvalue weighted by Gasteiger charge is -2.41. The molecule has 1 aliphatic carbocycles. The third-order valence-electron chi connectivity index (χ3n) is 5.72. The van der Waals surface area contributed by atoms with Crippen LogP contribution in [0.15, 0.2) is 18.2 Å². The number of rotatable bonds is 3. The van der Waals surface area contributed by atoms with Crippen LogP contribution in [-0.2, 0) is 0 Å². The Hall–Kier alpha value is -1.09. The molecule has 1 aliphatic heterocycles. The molecule has 0 bridgehead atoms. The minimum atomic E-state index is -0.0875. The van der Waals surface area contributed by atoms with Crippen molar-refractivity contribution < 1.29 is 4.39 Å². The Morgan fingerprint density at radius 2 is 1.81 bits per heavy atom. The lowest BCUT2D eigenvalue weighted by molar-refractivity contribution is 0.226. The summed E-state index contributed by atoms with van der Waals surface area (Å²) in [6.07, 6.45) is 8.17. The van der Waals surface area contributed by atoms with E-state index in [0.29, 0.717) is 5.41 Å². The topological polar surface area (TPSA) is 15.3 Å². The van der Waals surface area contributed by atoms with Gasteiger partial charge in [0.05, 0.1) is 0 Å². The lowest BCUT2D eigenvalue weighted by Crippen LogP contribution is -2.39. The number of hydrogen-bond donors (Lipinski definition) is 1. The Morgan fingerprint density at radius 3 is 2.43 bits per heavy atom. The van der Waals surface area contributed by atoms with Crippen LogP contribution in [0, 0.1) is 11.2 Å². The average molecular weight is 290 g/mol. The fraction of sp³-hybridized carbons (Fsp3) is 0.667. The molecule has 0 radical (unpaired) electrons. The molecule has 1 aromatic carbocycles. The summed E-state index contributed by atoms with van der Waals surface area (Å²) in [7, 11) is 1.89. The van der Waals surface area contributed by atoms with E-state index in [-0.39, 0.29) is 11.9 Å². The second-order valence-corrected chi connectivity index (χ2v) is 6.88. The van der Waals surface area contributed by atoms with Gasteiger partial charge < -0.3 is 10.2 Å². The summed E-state index contributed by atoms with van der Waals surface area (Å²) in [5, 5.41) is 3.18. The van der Waals surface area contributed by atoms with Gasteiger partial charge in [-0.2, -0.15) is 0 Å². The van der Waals surface area contributed by atoms with E-state index in [0.717, 1.165) is 24.3 Å². The zero-order valence-corrected chi connectivity index (χ0v) is 13.3. The number of piperidine rings is 1. The largest absolute Gasteiger partial charge is 0.371 e. The minimum Gasteiger partial charge on any atom is -0.371 e. The van der Waals surface area contributed by atoms with Gasteiger partial charge in [-0.1, -0.05) is 18.9 Å². The molecule has 1 spiro atoms. The van der Waals surface area contributed by atoms with E-state index in [9.17, 15) is 4.39 Å². The van der Waals surface area contributed by atoms with Crippen molar-refractivity contribution in [3.8, 4) is 0 Å². The van der Waals surface area contributed by atoms with Gasteiger partial charge in [0, 0.05) is 30.4 Å². The highest BCUT2D eigenvalue weighted by Crippen LogP contribution is 2.47. The average Bonchev–Trinajstić information content (AvgIpc) is 2.95. The van der Waals surface area contributed by atoms with Gasteiger partial charge in [0.1, 0.15) is 5.82 Å². The van der Waals surface area contributed by atoms with Crippen LogP contribution in [0.1, 0.15) is 57.1 Å². The molecule has 1 N–H and O–H groups in total. The number of nitrogens with one attached hydrogen (secondary N) is 1. The van der Waals surface area contributed by atoms with E-state index in [4.69, 9.17) is 0 Å². The van der Waals surface area contributed by atoms with Crippen LogP contribution in [0.25, 0.3) is 0 Å². The first kappa shape index (κ1) is 14.8. The standard InChI is InChI=1S/C18H27FN2/c1-14(20-2)17-15(19)6-5-7-16(17)21-12-10-18(11-13-21)8-3-4-9-18/h5-7,14,20H,3-4,8-13H2,1-2H3. The van der Waals surface area contributed by atoms with Crippen LogP contribution in [0.5, 0.6) is 0 Å². The number of nitrogens with zero attached hydrogens (tertiary/aromatic N) is 1. The van der Waals surface area contributed by atoms with Gasteiger partial charge in [-0.05, 0) is 57.2 Å². The number of halogens is 1. The molecule has 1 unspecified atom stereocenters. The SMILES string of the molecule is CNC(C)c1c(F)cccc1N1CCC2(CCCC2)CC1. The third kappa shape index (κ3) is 2.80. The zero-order valence-electron chi connectivity index (χ0n) is 13.3. The van der Waals surface area contributed by atoms with E-state index in [1.807, 2.05) is 20.0 Å². The van der Waals surface area contributed by atoms with Crippen molar-refractivity contribution in [1.29, 1.82) is 0 Å². The molecule has 2 nitrogen and oxygen atoms in total. The van der Waals surface area contributed by atoms with Crippen molar-refractivity contribution >= 4 is 5.69 Å². The first-order valence-corrected chi connectivity index (χ1v) is 8.36. The Kier molecular flexibility index (Phi) is 4.21. The minimum absolute atomic E-state index is 0.0450. The summed E-state index contributed by atoms with van der Waals surface area (Å²) in [6, 6.07) is 5.55. The molecular formula is C18H27FN2. The normalized spacial score (nSPS) is 22.7. The second kappa shape index (κ2) is 5.96. The molecule has 2 fully saturated rings. The molecule has 2 aliphatic rings. The number of hydrogen-bond acceptors (Lipinski definition) is 2. The van der Waals surface area contributed by atoms with E-state index in [2.05, 4.69) is 16.3 Å². The molecule has 0 aromatic heterocycles. The highest BCUT2D eigenvalue weighted by atomic mass is 19.1. The maximum absolute atomic E-state index is 14.3. The van der Waals surface area contributed by atoms with Gasteiger partial charge in [0.25, 0.3) is 0 Å². The highest BCUT2D eigenvalue weighted by Gasteiger charge is 2.37. The predicted octanol–water partition coefficient (Wildman–Crippen LogP) is 4.27. The summed E-state index contributed by atoms with van der Waals surface area (Å²) >= 11 is 0. The summed E-state index contributed by atoms with van der Waals surface area (Å²) in [4.78, 5) is 2.40. The van der Waals surface area contributed by atoms with Crippen LogP contribution in [-0.4, -0.2) is 20.1 Å². The number of anilines is 1. The summed E-state index contributed by atoms with van der Waals surface area (Å²) in [5.41, 5.74) is 2.52. The quantitative estimate of drug-likeness (QED) is 0.894. The summed E-state index contributed by atoms with van der Waals surface area (Å²) in [5.74, 6) is -0.0875. The molecule has 1 aromatic rings. The maximum atomic E-state index is 14.3. The van der Waals surface area contributed by atoms with Crippen molar-refractivity contribution in [2.24, 2.45) is 5.41 Å². The van der Waals surface area contributed by atoms with Crippen molar-refractivity contribution in [1.82, 2.24) is 5.32 Å². The Bertz CT molecular complexity index is 484. The molecule has 1 heterocycles. The Morgan fingerprint density at radius 1 is 1.14 bits per heavy atom. The van der Waals surface area contributed by atoms with Crippen LogP contribution in [0.3, 0.4) is 0 Å². The Balaban J connectivity index is 1.80. The fourth-order valence-corrected chi connectivity index (χ4v) is 4.22. The van der Waals surface area contributed by atoms with E-state index in [1.54, 1.807) is 6.07 Å². The van der Waals surface area contributed by atoms with Crippen molar-refractivity contribution in [2.45, 2.75) is 51.5 Å². The molecule has 3 heteroatoms. The van der Waals surface area contributed by atoms with E-state index >= 15 is 0 Å². The van der Waals surface area contributed by atoms with Gasteiger partial charge in [0.2, 0.25) is 0 Å². The molecule has 1 atom stereocenters. The molecule has 3 rings (SSSR count). The molecular weight excluding hydrogens is 263 g/mol. The Labute approximate surface area is 127 Å².